The second kappa shape index (κ2) is 4.89. The maximum Gasteiger partial charge on any atom is -0.0283 e. The van der Waals surface area contributed by atoms with Gasteiger partial charge in [0, 0.05) is 0 Å². The number of rotatable bonds is 3. The summed E-state index contributed by atoms with van der Waals surface area (Å²) in [5.74, 6) is 0. The minimum Gasteiger partial charge on any atom is -0.0884 e. The molecule has 0 aliphatic heterocycles. The average molecular weight is 111 g/mol. The molecule has 0 saturated heterocycles. The fraction of sp³-hybridized carbons (Fsp3) is 0.625. The fourth-order valence-electron chi connectivity index (χ4n) is 0.548. The SMILES string of the molecule is [CH2]/C(=C/C)CCCC. The second-order valence-corrected chi connectivity index (χ2v) is 2.05. The summed E-state index contributed by atoms with van der Waals surface area (Å²) in [6.45, 7) is 8.09. The van der Waals surface area contributed by atoms with E-state index < -0.39 is 0 Å². The number of unbranched alkanes of at least 4 members (excludes halogenated alkanes) is 1. The summed E-state index contributed by atoms with van der Waals surface area (Å²) in [5, 5.41) is 0. The van der Waals surface area contributed by atoms with Crippen molar-refractivity contribution in [2.45, 2.75) is 33.1 Å². The standard InChI is InChI=1S/C8H15/c1-4-6-7-8(3)5-2/h5H,3-4,6-7H2,1-2H3/b8-5-. The van der Waals surface area contributed by atoms with Crippen LogP contribution in [0.5, 0.6) is 0 Å². The molecule has 0 aromatic rings. The average Bonchev–Trinajstić information content (AvgIpc) is 1.83. The van der Waals surface area contributed by atoms with Crippen molar-refractivity contribution >= 4 is 0 Å². The highest BCUT2D eigenvalue weighted by Gasteiger charge is 1.84. The molecule has 0 amide bonds. The van der Waals surface area contributed by atoms with E-state index in [2.05, 4.69) is 19.9 Å². The van der Waals surface area contributed by atoms with Crippen LogP contribution in [-0.4, -0.2) is 0 Å². The van der Waals surface area contributed by atoms with Crippen molar-refractivity contribution in [1.82, 2.24) is 0 Å². The molecule has 0 spiro atoms. The van der Waals surface area contributed by atoms with Crippen molar-refractivity contribution in [2.75, 3.05) is 0 Å². The first kappa shape index (κ1) is 7.74. The molecule has 0 bridgehead atoms. The molecule has 1 radical (unpaired) electrons. The van der Waals surface area contributed by atoms with Crippen molar-refractivity contribution in [3.8, 4) is 0 Å². The third-order valence-corrected chi connectivity index (χ3v) is 1.26. The van der Waals surface area contributed by atoms with Crippen LogP contribution >= 0.6 is 0 Å². The number of hydrogen-bond donors (Lipinski definition) is 0. The zero-order valence-corrected chi connectivity index (χ0v) is 5.91. The van der Waals surface area contributed by atoms with E-state index in [1.165, 1.54) is 24.8 Å². The Kier molecular flexibility index (Phi) is 4.73. The summed E-state index contributed by atoms with van der Waals surface area (Å²) in [6.07, 6.45) is 5.80. The van der Waals surface area contributed by atoms with Gasteiger partial charge in [-0.2, -0.15) is 0 Å². The summed E-state index contributed by atoms with van der Waals surface area (Å²) >= 11 is 0. The number of allylic oxidation sites excluding steroid dienone is 2. The lowest BCUT2D eigenvalue weighted by Crippen LogP contribution is -1.74. The Hall–Kier alpha value is -0.260. The summed E-state index contributed by atoms with van der Waals surface area (Å²) < 4.78 is 0. The van der Waals surface area contributed by atoms with E-state index in [0.717, 1.165) is 0 Å². The highest BCUT2D eigenvalue weighted by atomic mass is 13.9. The Morgan fingerprint density at radius 2 is 2.25 bits per heavy atom. The molecule has 0 saturated carbocycles. The Morgan fingerprint density at radius 3 is 2.62 bits per heavy atom. The van der Waals surface area contributed by atoms with Gasteiger partial charge in [0.25, 0.3) is 0 Å². The van der Waals surface area contributed by atoms with E-state index >= 15 is 0 Å². The predicted octanol–water partition coefficient (Wildman–Crippen LogP) is 2.96. The lowest BCUT2D eigenvalue weighted by Gasteiger charge is -1.94. The van der Waals surface area contributed by atoms with Crippen LogP contribution in [0.25, 0.3) is 0 Å². The molecule has 0 aromatic carbocycles. The maximum absolute atomic E-state index is 3.86. The largest absolute Gasteiger partial charge is 0.0884 e. The van der Waals surface area contributed by atoms with Crippen LogP contribution in [-0.2, 0) is 0 Å². The molecule has 0 N–H and O–H groups in total. The van der Waals surface area contributed by atoms with E-state index in [1.807, 2.05) is 6.92 Å². The molecule has 0 atom stereocenters. The molecule has 0 aliphatic carbocycles. The van der Waals surface area contributed by atoms with Gasteiger partial charge in [-0.15, -0.1) is 0 Å². The molecular weight excluding hydrogens is 96.1 g/mol. The first-order chi connectivity index (χ1) is 3.81. The lowest BCUT2D eigenvalue weighted by molar-refractivity contribution is 0.796. The first-order valence-corrected chi connectivity index (χ1v) is 3.28. The van der Waals surface area contributed by atoms with Crippen LogP contribution in [0.4, 0.5) is 0 Å². The van der Waals surface area contributed by atoms with Gasteiger partial charge in [-0.3, -0.25) is 0 Å². The highest BCUT2D eigenvalue weighted by molar-refractivity contribution is 5.02. The van der Waals surface area contributed by atoms with Gasteiger partial charge in [0.1, 0.15) is 0 Å². The van der Waals surface area contributed by atoms with Crippen molar-refractivity contribution in [2.24, 2.45) is 0 Å². The molecule has 0 rings (SSSR count). The second-order valence-electron chi connectivity index (χ2n) is 2.05. The van der Waals surface area contributed by atoms with E-state index in [-0.39, 0.29) is 0 Å². The normalized spacial score (nSPS) is 12.1. The smallest absolute Gasteiger partial charge is 0.0283 e. The van der Waals surface area contributed by atoms with Gasteiger partial charge in [-0.25, -0.2) is 0 Å². The monoisotopic (exact) mass is 111 g/mol. The lowest BCUT2D eigenvalue weighted by atomic mass is 10.1. The third-order valence-electron chi connectivity index (χ3n) is 1.26. The van der Waals surface area contributed by atoms with Crippen molar-refractivity contribution in [3.63, 3.8) is 0 Å². The molecule has 0 aliphatic rings. The van der Waals surface area contributed by atoms with Gasteiger partial charge < -0.3 is 0 Å². The quantitative estimate of drug-likeness (QED) is 0.525. The van der Waals surface area contributed by atoms with Crippen LogP contribution in [0.3, 0.4) is 0 Å². The van der Waals surface area contributed by atoms with E-state index in [4.69, 9.17) is 0 Å². The minimum atomic E-state index is 1.17. The topological polar surface area (TPSA) is 0 Å². The van der Waals surface area contributed by atoms with Crippen molar-refractivity contribution < 1.29 is 0 Å². The predicted molar refractivity (Wildman–Crippen MR) is 38.6 cm³/mol. The van der Waals surface area contributed by atoms with E-state index in [9.17, 15) is 0 Å². The van der Waals surface area contributed by atoms with Crippen LogP contribution in [0.15, 0.2) is 11.6 Å². The third kappa shape index (κ3) is 3.91. The van der Waals surface area contributed by atoms with Gasteiger partial charge >= 0.3 is 0 Å². The number of hydrogen-bond acceptors (Lipinski definition) is 0. The fourth-order valence-corrected chi connectivity index (χ4v) is 0.548. The van der Waals surface area contributed by atoms with Crippen LogP contribution in [0, 0.1) is 6.92 Å². The van der Waals surface area contributed by atoms with Gasteiger partial charge in [-0.1, -0.05) is 25.0 Å². The molecule has 0 unspecified atom stereocenters. The molecule has 0 fully saturated rings. The van der Waals surface area contributed by atoms with Crippen molar-refractivity contribution in [1.29, 1.82) is 0 Å². The van der Waals surface area contributed by atoms with Gasteiger partial charge in [0.15, 0.2) is 0 Å². The molecule has 0 nitrogen and oxygen atoms in total. The zero-order chi connectivity index (χ0) is 6.41. The van der Waals surface area contributed by atoms with Gasteiger partial charge in [0.05, 0.1) is 0 Å². The minimum absolute atomic E-state index is 1.17. The molecule has 0 heteroatoms. The van der Waals surface area contributed by atoms with E-state index in [1.54, 1.807) is 0 Å². The summed E-state index contributed by atoms with van der Waals surface area (Å²) in [6, 6.07) is 0. The molecular formula is C8H15. The highest BCUT2D eigenvalue weighted by Crippen LogP contribution is 2.03. The Morgan fingerprint density at radius 1 is 1.62 bits per heavy atom. The molecule has 47 valence electrons. The first-order valence-electron chi connectivity index (χ1n) is 3.28. The molecule has 8 heavy (non-hydrogen) atoms. The van der Waals surface area contributed by atoms with Gasteiger partial charge in [-0.05, 0) is 26.7 Å². The maximum atomic E-state index is 3.86. The van der Waals surface area contributed by atoms with Gasteiger partial charge in [0.2, 0.25) is 0 Å². The Labute approximate surface area is 52.6 Å². The van der Waals surface area contributed by atoms with Crippen LogP contribution in [0.1, 0.15) is 33.1 Å². The van der Waals surface area contributed by atoms with Crippen molar-refractivity contribution in [3.05, 3.63) is 18.6 Å². The summed E-state index contributed by atoms with van der Waals surface area (Å²) in [5.41, 5.74) is 1.27. The zero-order valence-electron chi connectivity index (χ0n) is 5.91. The summed E-state index contributed by atoms with van der Waals surface area (Å²) in [7, 11) is 0. The molecule has 0 heterocycles. The van der Waals surface area contributed by atoms with Crippen LogP contribution < -0.4 is 0 Å². The molecule has 0 aromatic heterocycles. The Balaban J connectivity index is 3.12. The summed E-state index contributed by atoms with van der Waals surface area (Å²) in [4.78, 5) is 0. The Bertz CT molecular complexity index is 70.1. The van der Waals surface area contributed by atoms with Crippen LogP contribution in [0.2, 0.25) is 0 Å². The van der Waals surface area contributed by atoms with E-state index in [0.29, 0.717) is 0 Å².